The second kappa shape index (κ2) is 14.3. The van der Waals surface area contributed by atoms with Crippen molar-refractivity contribution >= 4 is 27.9 Å². The zero-order chi connectivity index (χ0) is 37.2. The first kappa shape index (κ1) is 35.8. The number of aromatic nitrogens is 2. The quantitative estimate of drug-likeness (QED) is 0.100. The van der Waals surface area contributed by atoms with Gasteiger partial charge in [-0.15, -0.1) is 5.01 Å². The molecule has 3 aromatic carbocycles. The highest BCUT2D eigenvalue weighted by Crippen LogP contribution is 2.33. The Morgan fingerprint density at radius 3 is 2.21 bits per heavy atom. The summed E-state index contributed by atoms with van der Waals surface area (Å²) in [7, 11) is -4.42. The molecule has 15 nitrogen and oxygen atoms in total. The van der Waals surface area contributed by atoms with Crippen LogP contribution >= 0.6 is 0 Å². The number of amides is 3. The molecule has 0 aliphatic carbocycles. The van der Waals surface area contributed by atoms with E-state index in [1.807, 2.05) is 11.6 Å². The molecule has 1 aromatic heterocycles. The summed E-state index contributed by atoms with van der Waals surface area (Å²) >= 11 is 0. The normalized spacial score (nSPS) is 15.5. The molecule has 2 aliphatic heterocycles. The zero-order valence-electron chi connectivity index (χ0n) is 27.3. The Hall–Kier alpha value is -5.98. The molecule has 3 amide bonds. The molecule has 0 radical (unpaired) electrons. The van der Waals surface area contributed by atoms with Crippen LogP contribution in [0.15, 0.2) is 89.0 Å². The fourth-order valence-electron chi connectivity index (χ4n) is 5.60. The molecular weight excluding hydrogens is 711 g/mol. The van der Waals surface area contributed by atoms with Crippen molar-refractivity contribution in [3.63, 3.8) is 0 Å². The third-order valence-corrected chi connectivity index (χ3v) is 9.76. The van der Waals surface area contributed by atoms with Crippen LogP contribution in [0, 0.1) is 18.0 Å². The van der Waals surface area contributed by atoms with Gasteiger partial charge < -0.3 is 14.8 Å². The Bertz CT molecular complexity index is 2100. The second-order valence-electron chi connectivity index (χ2n) is 12.0. The minimum absolute atomic E-state index is 0.140. The molecule has 2 aliphatic rings. The van der Waals surface area contributed by atoms with Crippen LogP contribution in [0.3, 0.4) is 0 Å². The van der Waals surface area contributed by atoms with Crippen LogP contribution in [-0.4, -0.2) is 77.4 Å². The highest BCUT2D eigenvalue weighted by Gasteiger charge is 2.37. The minimum atomic E-state index is -4.72. The van der Waals surface area contributed by atoms with Gasteiger partial charge >= 0.3 is 12.3 Å². The number of carbonyl (C=O) groups excluding carboxylic acids is 3. The van der Waals surface area contributed by atoms with Crippen molar-refractivity contribution in [3.8, 4) is 16.9 Å². The smallest absolute Gasteiger partial charge is 0.435 e. The lowest BCUT2D eigenvalue weighted by molar-refractivity contribution is -0.713. The largest absolute Gasteiger partial charge is 0.569 e. The topological polar surface area (TPSA) is 179 Å². The van der Waals surface area contributed by atoms with Crippen LogP contribution in [0.1, 0.15) is 44.8 Å². The van der Waals surface area contributed by atoms with Gasteiger partial charge in [-0.1, -0.05) is 42.0 Å². The fraction of sp³-hybridized carbons (Fsp3) is 0.273. The summed E-state index contributed by atoms with van der Waals surface area (Å²) in [6.45, 7) is 1.51. The Morgan fingerprint density at radius 1 is 1.00 bits per heavy atom. The lowest BCUT2D eigenvalue weighted by atomic mass is 9.99. The number of ether oxygens (including phenoxy) is 1. The number of aryl methyl sites for hydroxylation is 1. The number of hydrogen-bond donors (Lipinski definition) is 1. The summed E-state index contributed by atoms with van der Waals surface area (Å²) in [4.78, 5) is 42.9. The number of halogens is 3. The third kappa shape index (κ3) is 7.68. The summed E-state index contributed by atoms with van der Waals surface area (Å²) in [5.41, 5.74) is 0.995. The van der Waals surface area contributed by atoms with Gasteiger partial charge in [0.2, 0.25) is 12.0 Å². The average molecular weight is 742 g/mol. The van der Waals surface area contributed by atoms with E-state index in [0.717, 1.165) is 33.3 Å². The average Bonchev–Trinajstić information content (AvgIpc) is 3.68. The molecule has 0 spiro atoms. The number of nitrogens with one attached hydrogen (secondary N) is 1. The van der Waals surface area contributed by atoms with E-state index < -0.39 is 46.5 Å². The van der Waals surface area contributed by atoms with Crippen LogP contribution < -0.4 is 4.72 Å². The maximum absolute atomic E-state index is 13.5. The van der Waals surface area contributed by atoms with E-state index in [-0.39, 0.29) is 58.0 Å². The number of hydrazine groups is 1. The Labute approximate surface area is 294 Å². The van der Waals surface area contributed by atoms with Gasteiger partial charge in [0, 0.05) is 5.56 Å². The molecule has 0 saturated carbocycles. The van der Waals surface area contributed by atoms with Gasteiger partial charge in [-0.25, -0.2) is 27.5 Å². The zero-order valence-corrected chi connectivity index (χ0v) is 28.1. The third-order valence-electron chi connectivity index (χ3n) is 8.43. The number of piperidine rings is 1. The molecule has 1 N–H and O–H groups in total. The Kier molecular flexibility index (Phi) is 9.88. The van der Waals surface area contributed by atoms with Crippen molar-refractivity contribution in [2.75, 3.05) is 26.4 Å². The van der Waals surface area contributed by atoms with Gasteiger partial charge in [0.05, 0.1) is 52.1 Å². The predicted octanol–water partition coefficient (Wildman–Crippen LogP) is 5.06. The second-order valence-corrected chi connectivity index (χ2v) is 13.6. The molecule has 0 atom stereocenters. The van der Waals surface area contributed by atoms with E-state index in [1.54, 1.807) is 36.4 Å². The van der Waals surface area contributed by atoms with Crippen molar-refractivity contribution in [1.29, 1.82) is 0 Å². The van der Waals surface area contributed by atoms with Crippen molar-refractivity contribution in [1.82, 2.24) is 24.4 Å². The molecule has 272 valence electrons. The predicted molar refractivity (Wildman–Crippen MR) is 174 cm³/mol. The van der Waals surface area contributed by atoms with Crippen LogP contribution in [0.25, 0.3) is 16.9 Å². The summed E-state index contributed by atoms with van der Waals surface area (Å²) in [6, 6.07) is 18.7. The van der Waals surface area contributed by atoms with E-state index in [9.17, 15) is 41.2 Å². The molecule has 3 heterocycles. The molecule has 52 heavy (non-hydrogen) atoms. The van der Waals surface area contributed by atoms with Crippen molar-refractivity contribution in [3.05, 3.63) is 106 Å². The minimum Gasteiger partial charge on any atom is -0.569 e. The van der Waals surface area contributed by atoms with Crippen LogP contribution in [0.5, 0.6) is 0 Å². The molecule has 1 fully saturated rings. The lowest BCUT2D eigenvalue weighted by Gasteiger charge is -2.27. The molecule has 1 saturated heterocycles. The van der Waals surface area contributed by atoms with E-state index in [0.29, 0.717) is 18.4 Å². The van der Waals surface area contributed by atoms with Gasteiger partial charge in [0.15, 0.2) is 5.69 Å². The highest BCUT2D eigenvalue weighted by molar-refractivity contribution is 7.90. The van der Waals surface area contributed by atoms with Crippen molar-refractivity contribution in [2.45, 2.75) is 30.8 Å². The van der Waals surface area contributed by atoms with Crippen LogP contribution in [0.2, 0.25) is 0 Å². The van der Waals surface area contributed by atoms with Crippen LogP contribution in [-0.2, 0) is 25.8 Å². The maximum atomic E-state index is 13.5. The van der Waals surface area contributed by atoms with Gasteiger partial charge in [0.25, 0.3) is 21.8 Å². The Morgan fingerprint density at radius 2 is 1.62 bits per heavy atom. The number of sulfonamides is 1. The van der Waals surface area contributed by atoms with E-state index in [2.05, 4.69) is 10.4 Å². The first-order valence-electron chi connectivity index (χ1n) is 15.8. The highest BCUT2D eigenvalue weighted by atomic mass is 32.2. The number of carbonyl (C=O) groups is 3. The number of benzene rings is 3. The number of rotatable bonds is 10. The number of fused-ring (bicyclic) bond motifs is 1. The monoisotopic (exact) mass is 741 g/mol. The standard InChI is InChI=1S/C33H30F3N7O8S/c1-21-6-8-23(9-7-21)28-18-29(33(34,35)36)37-42(28)24-10-12-25(13-11-24)52(48,49)38-32(46)50-19-22-14-16-40(17-15-22)43(47)39-51-20-41-30(44)26-4-2-3-5-27(26)31(41)45/h2-13,18,22H,14-17,19-20H2,1H3,(H,38,46)/b43-39-. The first-order valence-corrected chi connectivity index (χ1v) is 17.2. The summed E-state index contributed by atoms with van der Waals surface area (Å²) in [6.07, 6.45) is -5.20. The number of alkyl halides is 3. The molecule has 19 heteroatoms. The molecular formula is C33H30F3N7O8S. The van der Waals surface area contributed by atoms with E-state index in [4.69, 9.17) is 9.57 Å². The summed E-state index contributed by atoms with van der Waals surface area (Å²) in [5.74, 6) is -1.34. The lowest BCUT2D eigenvalue weighted by Crippen LogP contribution is -2.40. The van der Waals surface area contributed by atoms with Crippen molar-refractivity contribution < 1.29 is 50.5 Å². The summed E-state index contributed by atoms with van der Waals surface area (Å²) < 4.78 is 74.4. The van der Waals surface area contributed by atoms with Crippen LogP contribution in [0.4, 0.5) is 18.0 Å². The maximum Gasteiger partial charge on any atom is 0.435 e. The van der Waals surface area contributed by atoms with Crippen molar-refractivity contribution in [2.24, 2.45) is 11.2 Å². The summed E-state index contributed by atoms with van der Waals surface area (Å²) in [5, 5.41) is 20.8. The number of imide groups is 1. The Balaban J connectivity index is 0.987. The number of nitrogens with zero attached hydrogens (tertiary/aromatic N) is 6. The fourth-order valence-corrected chi connectivity index (χ4v) is 6.49. The molecule has 0 unspecified atom stereocenters. The van der Waals surface area contributed by atoms with E-state index >= 15 is 0 Å². The van der Waals surface area contributed by atoms with Gasteiger partial charge in [-0.2, -0.15) is 18.3 Å². The van der Waals surface area contributed by atoms with Gasteiger partial charge in [0.1, 0.15) is 0 Å². The van der Waals surface area contributed by atoms with E-state index in [1.165, 1.54) is 29.3 Å². The molecule has 6 rings (SSSR count). The van der Waals surface area contributed by atoms with Gasteiger partial charge in [-0.3, -0.25) is 9.59 Å². The first-order chi connectivity index (χ1) is 24.7. The van der Waals surface area contributed by atoms with Gasteiger partial charge in [-0.05, 0) is 68.1 Å². The molecule has 4 aromatic rings. The molecule has 0 bridgehead atoms. The SMILES string of the molecule is Cc1ccc(-c2cc(C(F)(F)F)nn2-c2ccc(S(=O)(=O)NC(=O)OCC3CCN(/[N+]([O-])=N/OCN4C(=O)c5ccccc5C4=O)CC3)cc2)cc1. The number of hydrogen-bond acceptors (Lipinski definition) is 10.